The van der Waals surface area contributed by atoms with Crippen LogP contribution >= 0.6 is 11.3 Å². The van der Waals surface area contributed by atoms with E-state index in [4.69, 9.17) is 4.42 Å². The number of nitrogens with zero attached hydrogens (tertiary/aromatic N) is 2. The number of hydrogen-bond acceptors (Lipinski definition) is 4. The summed E-state index contributed by atoms with van der Waals surface area (Å²) in [6.07, 6.45) is 2.18. The number of hydrogen-bond donors (Lipinski definition) is 0. The summed E-state index contributed by atoms with van der Waals surface area (Å²) in [5.41, 5.74) is 2.62. The van der Waals surface area contributed by atoms with Gasteiger partial charge >= 0.3 is 0 Å². The van der Waals surface area contributed by atoms with Crippen LogP contribution in [0.1, 0.15) is 29.7 Å². The van der Waals surface area contributed by atoms with Gasteiger partial charge in [-0.2, -0.15) is 0 Å². The predicted molar refractivity (Wildman–Crippen MR) is 111 cm³/mol. The highest BCUT2D eigenvalue weighted by Crippen LogP contribution is 2.35. The average Bonchev–Trinajstić information content (AvgIpc) is 3.47. The average molecular weight is 406 g/mol. The van der Waals surface area contributed by atoms with Crippen LogP contribution in [0.2, 0.25) is 0 Å². The monoisotopic (exact) mass is 406 g/mol. The minimum Gasteiger partial charge on any atom is -0.438 e. The Morgan fingerprint density at radius 2 is 2.10 bits per heavy atom. The van der Waals surface area contributed by atoms with Crippen LogP contribution in [0, 0.1) is 5.82 Å². The first-order chi connectivity index (χ1) is 14.2. The Morgan fingerprint density at radius 1 is 1.21 bits per heavy atom. The van der Waals surface area contributed by atoms with Crippen LogP contribution in [0.3, 0.4) is 0 Å². The number of amides is 1. The fourth-order valence-corrected chi connectivity index (χ4v) is 4.63. The SMILES string of the molecule is O=C(Cc1cccs1)N1CCC[C@H]1c1nc2cc(-c3ccccc3F)ccc2o1. The molecule has 0 N–H and O–H groups in total. The van der Waals surface area contributed by atoms with E-state index < -0.39 is 0 Å². The number of oxazole rings is 1. The Balaban J connectivity index is 1.44. The minimum atomic E-state index is -0.267. The van der Waals surface area contributed by atoms with Crippen LogP contribution in [0.25, 0.3) is 22.2 Å². The first-order valence-electron chi connectivity index (χ1n) is 9.66. The van der Waals surface area contributed by atoms with Gasteiger partial charge in [0.1, 0.15) is 17.4 Å². The van der Waals surface area contributed by atoms with Gasteiger partial charge in [0.15, 0.2) is 5.58 Å². The number of benzene rings is 2. The maximum atomic E-state index is 14.1. The Hall–Kier alpha value is -2.99. The molecule has 1 amide bonds. The molecule has 1 saturated heterocycles. The fourth-order valence-electron chi connectivity index (χ4n) is 3.94. The molecule has 0 saturated carbocycles. The largest absolute Gasteiger partial charge is 0.438 e. The van der Waals surface area contributed by atoms with Gasteiger partial charge in [0.05, 0.1) is 6.42 Å². The van der Waals surface area contributed by atoms with Crippen molar-refractivity contribution >= 4 is 28.3 Å². The molecule has 3 heterocycles. The van der Waals surface area contributed by atoms with Crippen LogP contribution < -0.4 is 0 Å². The second kappa shape index (κ2) is 7.44. The van der Waals surface area contributed by atoms with Crippen molar-refractivity contribution in [2.75, 3.05) is 6.54 Å². The highest BCUT2D eigenvalue weighted by molar-refractivity contribution is 7.10. The zero-order valence-electron chi connectivity index (χ0n) is 15.7. The fraction of sp³-hybridized carbons (Fsp3) is 0.217. The number of fused-ring (bicyclic) bond motifs is 1. The smallest absolute Gasteiger partial charge is 0.228 e. The molecule has 1 aliphatic heterocycles. The lowest BCUT2D eigenvalue weighted by Gasteiger charge is -2.22. The summed E-state index contributed by atoms with van der Waals surface area (Å²) < 4.78 is 20.1. The second-order valence-corrected chi connectivity index (χ2v) is 8.25. The van der Waals surface area contributed by atoms with Gasteiger partial charge in [-0.05, 0) is 48.1 Å². The zero-order chi connectivity index (χ0) is 19.8. The van der Waals surface area contributed by atoms with E-state index in [0.29, 0.717) is 35.5 Å². The molecular formula is C23H19FN2O2S. The van der Waals surface area contributed by atoms with Crippen LogP contribution in [0.15, 0.2) is 64.4 Å². The molecule has 0 unspecified atom stereocenters. The molecule has 5 rings (SSSR count). The Bertz CT molecular complexity index is 1170. The molecule has 4 nitrogen and oxygen atoms in total. The quantitative estimate of drug-likeness (QED) is 0.443. The van der Waals surface area contributed by atoms with Crippen molar-refractivity contribution in [3.63, 3.8) is 0 Å². The first-order valence-corrected chi connectivity index (χ1v) is 10.5. The van der Waals surface area contributed by atoms with Gasteiger partial charge in [-0.1, -0.05) is 30.3 Å². The van der Waals surface area contributed by atoms with Gasteiger partial charge in [0.2, 0.25) is 11.8 Å². The van der Waals surface area contributed by atoms with Crippen molar-refractivity contribution in [3.8, 4) is 11.1 Å². The molecule has 1 aliphatic rings. The summed E-state index contributed by atoms with van der Waals surface area (Å²) in [6, 6.07) is 16.0. The third-order valence-corrected chi connectivity index (χ3v) is 6.23. The molecule has 0 radical (unpaired) electrons. The molecule has 0 bridgehead atoms. The molecule has 29 heavy (non-hydrogen) atoms. The molecular weight excluding hydrogens is 387 g/mol. The van der Waals surface area contributed by atoms with E-state index in [1.54, 1.807) is 23.5 Å². The van der Waals surface area contributed by atoms with Crippen molar-refractivity contribution in [2.24, 2.45) is 0 Å². The summed E-state index contributed by atoms with van der Waals surface area (Å²) >= 11 is 1.59. The Kier molecular flexibility index (Phi) is 4.64. The molecule has 0 aliphatic carbocycles. The number of rotatable bonds is 4. The molecule has 2 aromatic carbocycles. The van der Waals surface area contributed by atoms with Gasteiger partial charge in [-0.15, -0.1) is 11.3 Å². The Morgan fingerprint density at radius 3 is 2.93 bits per heavy atom. The van der Waals surface area contributed by atoms with Crippen molar-refractivity contribution < 1.29 is 13.6 Å². The highest BCUT2D eigenvalue weighted by atomic mass is 32.1. The topological polar surface area (TPSA) is 46.3 Å². The lowest BCUT2D eigenvalue weighted by molar-refractivity contribution is -0.131. The molecule has 1 fully saturated rings. The van der Waals surface area contributed by atoms with E-state index in [9.17, 15) is 9.18 Å². The van der Waals surface area contributed by atoms with Crippen molar-refractivity contribution in [3.05, 3.63) is 76.6 Å². The lowest BCUT2D eigenvalue weighted by atomic mass is 10.0. The van der Waals surface area contributed by atoms with Crippen molar-refractivity contribution in [1.29, 1.82) is 0 Å². The van der Waals surface area contributed by atoms with Crippen LogP contribution in [-0.4, -0.2) is 22.3 Å². The second-order valence-electron chi connectivity index (χ2n) is 7.22. The van der Waals surface area contributed by atoms with E-state index in [0.717, 1.165) is 23.3 Å². The number of halogens is 1. The predicted octanol–water partition coefficient (Wildman–Crippen LogP) is 5.60. The summed E-state index contributed by atoms with van der Waals surface area (Å²) in [5, 5.41) is 1.98. The van der Waals surface area contributed by atoms with Crippen molar-refractivity contribution in [1.82, 2.24) is 9.88 Å². The zero-order valence-corrected chi connectivity index (χ0v) is 16.5. The maximum Gasteiger partial charge on any atom is 0.228 e. The highest BCUT2D eigenvalue weighted by Gasteiger charge is 2.33. The summed E-state index contributed by atoms with van der Waals surface area (Å²) in [6.45, 7) is 0.716. The van der Waals surface area contributed by atoms with E-state index in [1.807, 2.05) is 46.7 Å². The van der Waals surface area contributed by atoms with Crippen molar-refractivity contribution in [2.45, 2.75) is 25.3 Å². The standard InChI is InChI=1S/C23H19FN2O2S/c24-18-7-2-1-6-17(18)15-9-10-21-19(13-15)25-23(28-21)20-8-3-11-26(20)22(27)14-16-5-4-12-29-16/h1-2,4-7,9-10,12-13,20H,3,8,11,14H2/t20-/m0/s1. The van der Waals surface area contributed by atoms with Gasteiger partial charge in [-0.3, -0.25) is 4.79 Å². The first kappa shape index (κ1) is 18.1. The number of likely N-dealkylation sites (tertiary alicyclic amines) is 1. The van der Waals surface area contributed by atoms with Gasteiger partial charge in [0.25, 0.3) is 0 Å². The number of carbonyl (C=O) groups excluding carboxylic acids is 1. The summed E-state index contributed by atoms with van der Waals surface area (Å²) in [5.74, 6) is 0.392. The van der Waals surface area contributed by atoms with Gasteiger partial charge < -0.3 is 9.32 Å². The Labute approximate surface area is 171 Å². The van der Waals surface area contributed by atoms with Crippen LogP contribution in [0.4, 0.5) is 4.39 Å². The maximum absolute atomic E-state index is 14.1. The third kappa shape index (κ3) is 3.44. The molecule has 0 spiro atoms. The summed E-state index contributed by atoms with van der Waals surface area (Å²) in [4.78, 5) is 20.4. The van der Waals surface area contributed by atoms with Gasteiger partial charge in [-0.25, -0.2) is 9.37 Å². The van der Waals surface area contributed by atoms with Crippen LogP contribution in [0.5, 0.6) is 0 Å². The molecule has 2 aromatic heterocycles. The number of carbonyl (C=O) groups is 1. The van der Waals surface area contributed by atoms with E-state index in [2.05, 4.69) is 4.98 Å². The molecule has 146 valence electrons. The molecule has 4 aromatic rings. The number of thiophene rings is 1. The number of aromatic nitrogens is 1. The van der Waals surface area contributed by atoms with E-state index >= 15 is 0 Å². The van der Waals surface area contributed by atoms with Gasteiger partial charge in [0, 0.05) is 17.0 Å². The third-order valence-electron chi connectivity index (χ3n) is 5.35. The van der Waals surface area contributed by atoms with E-state index in [-0.39, 0.29) is 17.8 Å². The normalized spacial score (nSPS) is 16.6. The lowest BCUT2D eigenvalue weighted by Crippen LogP contribution is -2.31. The van der Waals surface area contributed by atoms with E-state index in [1.165, 1.54) is 6.07 Å². The van der Waals surface area contributed by atoms with Crippen LogP contribution in [-0.2, 0) is 11.2 Å². The molecule has 6 heteroatoms. The summed E-state index contributed by atoms with van der Waals surface area (Å²) in [7, 11) is 0. The molecule has 1 atom stereocenters. The minimum absolute atomic E-state index is 0.101.